The number of H-pyrrole nitrogens is 1. The van der Waals surface area contributed by atoms with Gasteiger partial charge in [-0.15, -0.1) is 0 Å². The maximum Gasteiger partial charge on any atom is 0.416 e. The summed E-state index contributed by atoms with van der Waals surface area (Å²) in [7, 11) is -4.49. The smallest absolute Gasteiger partial charge is 0.338 e. The van der Waals surface area contributed by atoms with Gasteiger partial charge in [-0.3, -0.25) is 4.55 Å². The summed E-state index contributed by atoms with van der Waals surface area (Å²) in [5.74, 6) is 0.0487. The number of rotatable bonds is 2. The molecule has 120 valence electrons. The standard InChI is InChI=1S/C14H9F3N2O3S/c15-14(16,17)8-5-6-10-11(7-8)19-13(18-10)9-3-1-2-4-12(9)23(20,21)22/h1-7H,(H,18,19)(H,20,21,22). The number of imidazole rings is 1. The molecule has 0 spiro atoms. The van der Waals surface area contributed by atoms with Gasteiger partial charge in [0.15, 0.2) is 0 Å². The van der Waals surface area contributed by atoms with Gasteiger partial charge in [0.25, 0.3) is 10.1 Å². The van der Waals surface area contributed by atoms with E-state index in [1.807, 2.05) is 0 Å². The van der Waals surface area contributed by atoms with Gasteiger partial charge < -0.3 is 4.98 Å². The monoisotopic (exact) mass is 342 g/mol. The Morgan fingerprint density at radius 1 is 1.09 bits per heavy atom. The van der Waals surface area contributed by atoms with Crippen molar-refractivity contribution in [2.75, 3.05) is 0 Å². The second-order valence-electron chi connectivity index (χ2n) is 4.79. The number of fused-ring (bicyclic) bond motifs is 1. The van der Waals surface area contributed by atoms with Gasteiger partial charge in [0, 0.05) is 5.56 Å². The highest BCUT2D eigenvalue weighted by Gasteiger charge is 2.30. The number of aromatic nitrogens is 2. The number of halogens is 3. The van der Waals surface area contributed by atoms with Crippen LogP contribution in [0, 0.1) is 0 Å². The molecule has 0 atom stereocenters. The van der Waals surface area contributed by atoms with Crippen LogP contribution in [-0.4, -0.2) is 22.9 Å². The lowest BCUT2D eigenvalue weighted by Gasteiger charge is -2.05. The van der Waals surface area contributed by atoms with Crippen LogP contribution in [0.25, 0.3) is 22.4 Å². The van der Waals surface area contributed by atoms with Gasteiger partial charge in [-0.2, -0.15) is 21.6 Å². The van der Waals surface area contributed by atoms with E-state index in [0.29, 0.717) is 0 Å². The van der Waals surface area contributed by atoms with Crippen LogP contribution in [0.3, 0.4) is 0 Å². The summed E-state index contributed by atoms with van der Waals surface area (Å²) in [6, 6.07) is 8.48. The zero-order valence-corrected chi connectivity index (χ0v) is 12.1. The molecule has 1 aromatic heterocycles. The Labute approximate surface area is 128 Å². The first-order valence-corrected chi connectivity index (χ1v) is 7.74. The molecule has 1 heterocycles. The number of aromatic amines is 1. The number of hydrogen-bond acceptors (Lipinski definition) is 3. The van der Waals surface area contributed by atoms with Crippen LogP contribution in [0.5, 0.6) is 0 Å². The number of hydrogen-bond donors (Lipinski definition) is 2. The topological polar surface area (TPSA) is 83.1 Å². The van der Waals surface area contributed by atoms with Gasteiger partial charge in [-0.1, -0.05) is 12.1 Å². The Morgan fingerprint density at radius 3 is 2.43 bits per heavy atom. The molecule has 2 N–H and O–H groups in total. The normalized spacial score (nSPS) is 12.7. The summed E-state index contributed by atoms with van der Waals surface area (Å²) in [6.45, 7) is 0. The fraction of sp³-hybridized carbons (Fsp3) is 0.0714. The zero-order chi connectivity index (χ0) is 16.8. The maximum absolute atomic E-state index is 12.7. The summed E-state index contributed by atoms with van der Waals surface area (Å²) in [5, 5.41) is 0. The molecule has 0 unspecified atom stereocenters. The summed E-state index contributed by atoms with van der Waals surface area (Å²) >= 11 is 0. The molecule has 9 heteroatoms. The van der Waals surface area contributed by atoms with Crippen LogP contribution >= 0.6 is 0 Å². The third-order valence-corrected chi connectivity index (χ3v) is 4.14. The summed E-state index contributed by atoms with van der Waals surface area (Å²) in [5.41, 5.74) is -0.416. The summed E-state index contributed by atoms with van der Waals surface area (Å²) in [4.78, 5) is 6.35. The van der Waals surface area contributed by atoms with Gasteiger partial charge in [-0.05, 0) is 30.3 Å². The van der Waals surface area contributed by atoms with Crippen molar-refractivity contribution in [2.45, 2.75) is 11.1 Å². The first kappa shape index (κ1) is 15.5. The van der Waals surface area contributed by atoms with Crippen molar-refractivity contribution in [3.63, 3.8) is 0 Å². The van der Waals surface area contributed by atoms with Crippen molar-refractivity contribution in [3.8, 4) is 11.4 Å². The minimum atomic E-state index is -4.49. The highest BCUT2D eigenvalue weighted by molar-refractivity contribution is 7.86. The van der Waals surface area contributed by atoms with E-state index in [0.717, 1.165) is 12.1 Å². The van der Waals surface area contributed by atoms with Crippen LogP contribution in [0.15, 0.2) is 47.4 Å². The lowest BCUT2D eigenvalue weighted by molar-refractivity contribution is -0.137. The van der Waals surface area contributed by atoms with Crippen LogP contribution < -0.4 is 0 Å². The molecule has 0 aliphatic heterocycles. The average Bonchev–Trinajstić information content (AvgIpc) is 2.88. The third kappa shape index (κ3) is 2.92. The minimum Gasteiger partial charge on any atom is -0.338 e. The van der Waals surface area contributed by atoms with E-state index in [2.05, 4.69) is 9.97 Å². The van der Waals surface area contributed by atoms with Gasteiger partial charge in [0.05, 0.1) is 16.6 Å². The molecular formula is C14H9F3N2O3S. The Bertz CT molecular complexity index is 994. The van der Waals surface area contributed by atoms with Gasteiger partial charge >= 0.3 is 6.18 Å². The van der Waals surface area contributed by atoms with E-state index in [1.165, 1.54) is 30.3 Å². The summed E-state index contributed by atoms with van der Waals surface area (Å²) < 4.78 is 70.2. The SMILES string of the molecule is O=S(=O)(O)c1ccccc1-c1nc2ccc(C(F)(F)F)cc2[nH]1. The van der Waals surface area contributed by atoms with E-state index < -0.39 is 21.9 Å². The fourth-order valence-electron chi connectivity index (χ4n) is 2.20. The van der Waals surface area contributed by atoms with Crippen molar-refractivity contribution in [3.05, 3.63) is 48.0 Å². The van der Waals surface area contributed by atoms with E-state index in [-0.39, 0.29) is 27.3 Å². The van der Waals surface area contributed by atoms with E-state index in [4.69, 9.17) is 0 Å². The van der Waals surface area contributed by atoms with Crippen molar-refractivity contribution in [1.29, 1.82) is 0 Å². The van der Waals surface area contributed by atoms with Crippen molar-refractivity contribution in [1.82, 2.24) is 9.97 Å². The molecule has 0 saturated carbocycles. The van der Waals surface area contributed by atoms with Crippen LogP contribution in [-0.2, 0) is 16.3 Å². The average molecular weight is 342 g/mol. The van der Waals surface area contributed by atoms with Crippen molar-refractivity contribution >= 4 is 21.2 Å². The number of alkyl halides is 3. The van der Waals surface area contributed by atoms with Gasteiger partial charge in [-0.25, -0.2) is 4.98 Å². The van der Waals surface area contributed by atoms with Crippen LogP contribution in [0.2, 0.25) is 0 Å². The van der Waals surface area contributed by atoms with E-state index >= 15 is 0 Å². The predicted octanol–water partition coefficient (Wildman–Crippen LogP) is 3.50. The summed E-state index contributed by atoms with van der Waals surface area (Å²) in [6.07, 6.45) is -4.49. The molecule has 23 heavy (non-hydrogen) atoms. The number of benzene rings is 2. The second kappa shape index (κ2) is 5.07. The fourth-order valence-corrected chi connectivity index (χ4v) is 2.89. The molecular weight excluding hydrogens is 333 g/mol. The maximum atomic E-state index is 12.7. The lowest BCUT2D eigenvalue weighted by atomic mass is 10.2. The first-order chi connectivity index (χ1) is 10.7. The van der Waals surface area contributed by atoms with Crippen molar-refractivity contribution in [2.24, 2.45) is 0 Å². The predicted molar refractivity (Wildman–Crippen MR) is 76.3 cm³/mol. The molecule has 0 amide bonds. The molecule has 3 aromatic rings. The van der Waals surface area contributed by atoms with E-state index in [1.54, 1.807) is 0 Å². The molecule has 0 aliphatic carbocycles. The number of nitrogens with zero attached hydrogens (tertiary/aromatic N) is 1. The lowest BCUT2D eigenvalue weighted by Crippen LogP contribution is -2.04. The van der Waals surface area contributed by atoms with Crippen LogP contribution in [0.4, 0.5) is 13.2 Å². The molecule has 0 aliphatic rings. The quantitative estimate of drug-likeness (QED) is 0.698. The molecule has 0 bridgehead atoms. The highest BCUT2D eigenvalue weighted by atomic mass is 32.2. The minimum absolute atomic E-state index is 0.0487. The Morgan fingerprint density at radius 2 is 1.78 bits per heavy atom. The largest absolute Gasteiger partial charge is 0.416 e. The molecule has 2 aromatic carbocycles. The Hall–Kier alpha value is -2.39. The molecule has 5 nitrogen and oxygen atoms in total. The second-order valence-corrected chi connectivity index (χ2v) is 6.18. The number of nitrogens with one attached hydrogen (secondary N) is 1. The van der Waals surface area contributed by atoms with Gasteiger partial charge in [0.2, 0.25) is 0 Å². The third-order valence-electron chi connectivity index (χ3n) is 3.23. The first-order valence-electron chi connectivity index (χ1n) is 6.30. The zero-order valence-electron chi connectivity index (χ0n) is 11.3. The van der Waals surface area contributed by atoms with E-state index in [9.17, 15) is 26.1 Å². The Balaban J connectivity index is 2.20. The molecule has 0 radical (unpaired) electrons. The van der Waals surface area contributed by atoms with Crippen LogP contribution in [0.1, 0.15) is 5.56 Å². The molecule has 0 fully saturated rings. The molecule has 3 rings (SSSR count). The Kier molecular flexibility index (Phi) is 3.42. The highest BCUT2D eigenvalue weighted by Crippen LogP contribution is 2.32. The van der Waals surface area contributed by atoms with Crippen molar-refractivity contribution < 1.29 is 26.1 Å². The molecule has 0 saturated heterocycles. The van der Waals surface area contributed by atoms with Gasteiger partial charge in [0.1, 0.15) is 10.7 Å².